The number of unbranched alkanes of at least 4 members (excludes halogenated alkanes) is 11. The predicted molar refractivity (Wildman–Crippen MR) is 129 cm³/mol. The topological polar surface area (TPSA) is 27.7 Å². The number of halogens is 1. The second-order valence-corrected chi connectivity index (χ2v) is 12.5. The van der Waals surface area contributed by atoms with E-state index in [9.17, 15) is 0 Å². The van der Waals surface area contributed by atoms with Gasteiger partial charge in [-0.1, -0.05) is 94.0 Å². The Kier molecular flexibility index (Phi) is 21.3. The molecule has 0 bridgehead atoms. The van der Waals surface area contributed by atoms with Crippen LogP contribution in [0.15, 0.2) is 0 Å². The van der Waals surface area contributed by atoms with Crippen LogP contribution in [0.5, 0.6) is 0 Å². The largest absolute Gasteiger partial charge is 0.394 e. The minimum Gasteiger partial charge on any atom is -0.394 e. The molecular formula is C23H49BrO3Si. The number of alkyl halides is 1. The van der Waals surface area contributed by atoms with Gasteiger partial charge in [0.1, 0.15) is 6.29 Å². The molecule has 0 amide bonds. The van der Waals surface area contributed by atoms with E-state index in [0.717, 1.165) is 37.8 Å². The summed E-state index contributed by atoms with van der Waals surface area (Å²) < 4.78 is 18.7. The Morgan fingerprint density at radius 3 is 1.86 bits per heavy atom. The van der Waals surface area contributed by atoms with Gasteiger partial charge in [-0.2, -0.15) is 0 Å². The molecule has 0 aromatic heterocycles. The van der Waals surface area contributed by atoms with Crippen LogP contribution in [0.4, 0.5) is 0 Å². The zero-order valence-corrected chi connectivity index (χ0v) is 22.0. The van der Waals surface area contributed by atoms with Crippen LogP contribution in [0, 0.1) is 0 Å². The van der Waals surface area contributed by atoms with Gasteiger partial charge in [-0.25, -0.2) is 0 Å². The molecule has 0 spiro atoms. The van der Waals surface area contributed by atoms with Crippen LogP contribution in [0.2, 0.25) is 13.1 Å². The van der Waals surface area contributed by atoms with Crippen LogP contribution >= 0.6 is 15.9 Å². The summed E-state index contributed by atoms with van der Waals surface area (Å²) in [5, 5.41) is 1.08. The summed E-state index contributed by atoms with van der Waals surface area (Å²) in [6.45, 7) is 10.5. The Bertz CT molecular complexity index is 316. The van der Waals surface area contributed by atoms with Gasteiger partial charge in [-0.05, 0) is 45.2 Å². The maximum atomic E-state index is 6.38. The molecule has 0 radical (unpaired) electrons. The Morgan fingerprint density at radius 1 is 0.679 bits per heavy atom. The van der Waals surface area contributed by atoms with Crippen molar-refractivity contribution in [3.05, 3.63) is 0 Å². The molecule has 0 aliphatic heterocycles. The van der Waals surface area contributed by atoms with Crippen LogP contribution in [-0.2, 0) is 13.6 Å². The molecule has 3 nitrogen and oxygen atoms in total. The standard InChI is InChI=1S/C23H49BrO3Si/c1-5-7-9-11-13-17-21-25-23(19-15-12-10-8-6-2)27-28(3,4)26-22-18-14-16-20-24/h23H,5-22H2,1-4H3. The van der Waals surface area contributed by atoms with Gasteiger partial charge in [0.05, 0.1) is 0 Å². The van der Waals surface area contributed by atoms with Crippen molar-refractivity contribution in [2.75, 3.05) is 18.5 Å². The summed E-state index contributed by atoms with van der Waals surface area (Å²) in [6, 6.07) is 0. The number of ether oxygens (including phenoxy) is 1. The van der Waals surface area contributed by atoms with Gasteiger partial charge < -0.3 is 13.6 Å². The highest BCUT2D eigenvalue weighted by atomic mass is 79.9. The van der Waals surface area contributed by atoms with Crippen molar-refractivity contribution in [1.82, 2.24) is 0 Å². The SMILES string of the molecule is CCCCCCCCOC(CCCCCCC)O[Si](C)(C)OCCCCCBr. The molecule has 5 heteroatoms. The molecule has 28 heavy (non-hydrogen) atoms. The first-order valence-electron chi connectivity index (χ1n) is 12.0. The summed E-state index contributed by atoms with van der Waals surface area (Å²) in [5.41, 5.74) is 0. The van der Waals surface area contributed by atoms with Gasteiger partial charge >= 0.3 is 8.56 Å². The van der Waals surface area contributed by atoms with Crippen LogP contribution in [0.1, 0.15) is 110 Å². The first-order valence-corrected chi connectivity index (χ1v) is 16.0. The summed E-state index contributed by atoms with van der Waals surface area (Å²) in [7, 11) is -2.12. The smallest absolute Gasteiger partial charge is 0.333 e. The van der Waals surface area contributed by atoms with E-state index in [1.807, 2.05) is 0 Å². The second kappa shape index (κ2) is 20.8. The lowest BCUT2D eigenvalue weighted by Crippen LogP contribution is -2.40. The van der Waals surface area contributed by atoms with Crippen LogP contribution in [0.25, 0.3) is 0 Å². The van der Waals surface area contributed by atoms with E-state index >= 15 is 0 Å². The van der Waals surface area contributed by atoms with Crippen molar-refractivity contribution >= 4 is 24.5 Å². The van der Waals surface area contributed by atoms with Gasteiger partial charge in [0.25, 0.3) is 0 Å². The molecule has 0 aromatic rings. The normalized spacial score (nSPS) is 13.2. The van der Waals surface area contributed by atoms with Crippen molar-refractivity contribution in [3.8, 4) is 0 Å². The highest BCUT2D eigenvalue weighted by Gasteiger charge is 2.29. The molecule has 0 N–H and O–H groups in total. The Balaban J connectivity index is 4.17. The molecule has 0 fully saturated rings. The van der Waals surface area contributed by atoms with Crippen molar-refractivity contribution < 1.29 is 13.6 Å². The molecule has 0 saturated heterocycles. The van der Waals surface area contributed by atoms with Gasteiger partial charge in [0, 0.05) is 18.5 Å². The minimum atomic E-state index is -2.12. The van der Waals surface area contributed by atoms with Gasteiger partial charge in [0.15, 0.2) is 0 Å². The van der Waals surface area contributed by atoms with Gasteiger partial charge in [0.2, 0.25) is 0 Å². The maximum Gasteiger partial charge on any atom is 0.333 e. The molecule has 0 heterocycles. The number of rotatable bonds is 22. The zero-order chi connectivity index (χ0) is 20.9. The predicted octanol–water partition coefficient (Wildman–Crippen LogP) is 8.35. The first-order chi connectivity index (χ1) is 13.6. The summed E-state index contributed by atoms with van der Waals surface area (Å²) in [4.78, 5) is 0. The highest BCUT2D eigenvalue weighted by Crippen LogP contribution is 2.18. The zero-order valence-electron chi connectivity index (χ0n) is 19.4. The lowest BCUT2D eigenvalue weighted by atomic mass is 10.1. The fourth-order valence-corrected chi connectivity index (χ4v) is 5.15. The molecule has 170 valence electrons. The molecule has 0 aromatic carbocycles. The summed E-state index contributed by atoms with van der Waals surface area (Å²) >= 11 is 3.49. The maximum absolute atomic E-state index is 6.38. The van der Waals surface area contributed by atoms with Crippen LogP contribution < -0.4 is 0 Å². The summed E-state index contributed by atoms with van der Waals surface area (Å²) in [6.07, 6.45) is 18.7. The van der Waals surface area contributed by atoms with Crippen molar-refractivity contribution in [3.63, 3.8) is 0 Å². The summed E-state index contributed by atoms with van der Waals surface area (Å²) in [5.74, 6) is 0. The fourth-order valence-electron chi connectivity index (χ4n) is 3.23. The van der Waals surface area contributed by atoms with E-state index in [4.69, 9.17) is 13.6 Å². The third-order valence-corrected chi connectivity index (χ3v) is 7.28. The highest BCUT2D eigenvalue weighted by molar-refractivity contribution is 9.09. The average molecular weight is 482 g/mol. The van der Waals surface area contributed by atoms with Gasteiger partial charge in [-0.3, -0.25) is 0 Å². The average Bonchev–Trinajstić information content (AvgIpc) is 2.66. The van der Waals surface area contributed by atoms with E-state index in [2.05, 4.69) is 42.9 Å². The number of hydrogen-bond donors (Lipinski definition) is 0. The molecular weight excluding hydrogens is 432 g/mol. The van der Waals surface area contributed by atoms with E-state index < -0.39 is 8.56 Å². The second-order valence-electron chi connectivity index (χ2n) is 8.39. The van der Waals surface area contributed by atoms with Gasteiger partial charge in [-0.15, -0.1) is 0 Å². The molecule has 0 aliphatic carbocycles. The monoisotopic (exact) mass is 480 g/mol. The molecule has 1 atom stereocenters. The van der Waals surface area contributed by atoms with Crippen LogP contribution in [0.3, 0.4) is 0 Å². The Morgan fingerprint density at radius 2 is 1.21 bits per heavy atom. The minimum absolute atomic E-state index is 0.0820. The molecule has 0 aliphatic rings. The van der Waals surface area contributed by atoms with Crippen molar-refractivity contribution in [1.29, 1.82) is 0 Å². The third-order valence-electron chi connectivity index (χ3n) is 4.99. The van der Waals surface area contributed by atoms with Crippen molar-refractivity contribution in [2.45, 2.75) is 130 Å². The molecule has 0 rings (SSSR count). The lowest BCUT2D eigenvalue weighted by Gasteiger charge is -2.29. The van der Waals surface area contributed by atoms with Crippen molar-refractivity contribution in [2.24, 2.45) is 0 Å². The molecule has 0 saturated carbocycles. The Labute approximate surface area is 186 Å². The Hall–Kier alpha value is 0.577. The lowest BCUT2D eigenvalue weighted by molar-refractivity contribution is -0.104. The quantitative estimate of drug-likeness (QED) is 0.0673. The number of hydrogen-bond acceptors (Lipinski definition) is 3. The van der Waals surface area contributed by atoms with E-state index in [1.54, 1.807) is 0 Å². The first kappa shape index (κ1) is 28.6. The van der Waals surface area contributed by atoms with E-state index in [0.29, 0.717) is 0 Å². The third kappa shape index (κ3) is 19.9. The molecule has 1 unspecified atom stereocenters. The van der Waals surface area contributed by atoms with E-state index in [-0.39, 0.29) is 6.29 Å². The fraction of sp³-hybridized carbons (Fsp3) is 1.00. The van der Waals surface area contributed by atoms with Crippen LogP contribution in [-0.4, -0.2) is 33.4 Å². The van der Waals surface area contributed by atoms with E-state index in [1.165, 1.54) is 77.0 Å².